The van der Waals surface area contributed by atoms with Crippen LogP contribution in [0, 0.1) is 13.8 Å². The Labute approximate surface area is 148 Å². The predicted octanol–water partition coefficient (Wildman–Crippen LogP) is 1.72. The number of aryl methyl sites for hydroxylation is 2. The third kappa shape index (κ3) is 5.97. The number of anilines is 1. The van der Waals surface area contributed by atoms with Crippen molar-refractivity contribution in [3.63, 3.8) is 0 Å². The van der Waals surface area contributed by atoms with E-state index in [0.717, 1.165) is 16.8 Å². The molecule has 0 heterocycles. The van der Waals surface area contributed by atoms with Gasteiger partial charge in [-0.1, -0.05) is 18.2 Å². The summed E-state index contributed by atoms with van der Waals surface area (Å²) in [6.07, 6.45) is 0.682. The molecule has 0 unspecified atom stereocenters. The lowest BCUT2D eigenvalue weighted by Gasteiger charge is -2.09. The van der Waals surface area contributed by atoms with Crippen molar-refractivity contribution >= 4 is 21.6 Å². The largest absolute Gasteiger partial charge is 0.325 e. The molecule has 0 radical (unpaired) electrons. The Balaban J connectivity index is 1.75. The topological polar surface area (TPSA) is 101 Å². The summed E-state index contributed by atoms with van der Waals surface area (Å²) in [5, 5.41) is 11.0. The fourth-order valence-electron chi connectivity index (χ4n) is 2.30. The van der Waals surface area contributed by atoms with Crippen LogP contribution in [-0.2, 0) is 21.2 Å². The summed E-state index contributed by atoms with van der Waals surface area (Å²) in [5.74, 6) is -0.104. The minimum atomic E-state index is -3.66. The number of nitrogens with one attached hydrogen (secondary N) is 2. The highest BCUT2D eigenvalue weighted by atomic mass is 32.2. The number of rotatable bonds is 7. The van der Waals surface area contributed by atoms with Crippen LogP contribution in [-0.4, -0.2) is 27.4 Å². The first-order chi connectivity index (χ1) is 11.8. The van der Waals surface area contributed by atoms with Crippen molar-refractivity contribution in [3.05, 3.63) is 59.2 Å². The molecule has 0 saturated carbocycles. The van der Waals surface area contributed by atoms with Gasteiger partial charge in [0.2, 0.25) is 15.9 Å². The van der Waals surface area contributed by atoms with Crippen molar-refractivity contribution in [2.24, 2.45) is 5.14 Å². The number of carbonyl (C=O) groups is 1. The summed E-state index contributed by atoms with van der Waals surface area (Å²) in [5.41, 5.74) is 4.07. The maximum atomic E-state index is 11.9. The Morgan fingerprint density at radius 2 is 1.72 bits per heavy atom. The van der Waals surface area contributed by atoms with E-state index in [1.807, 2.05) is 32.0 Å². The van der Waals surface area contributed by atoms with Gasteiger partial charge in [0.25, 0.3) is 0 Å². The second kappa shape index (κ2) is 8.24. The minimum absolute atomic E-state index is 0.0944. The van der Waals surface area contributed by atoms with Crippen LogP contribution in [0.15, 0.2) is 47.4 Å². The summed E-state index contributed by atoms with van der Waals surface area (Å²) in [6, 6.07) is 12.2. The molecule has 134 valence electrons. The van der Waals surface area contributed by atoms with Gasteiger partial charge in [0.1, 0.15) is 0 Å². The Morgan fingerprint density at radius 1 is 1.04 bits per heavy atom. The van der Waals surface area contributed by atoms with Crippen LogP contribution in [0.4, 0.5) is 5.69 Å². The van der Waals surface area contributed by atoms with Crippen molar-refractivity contribution in [2.45, 2.75) is 25.2 Å². The first-order valence-corrected chi connectivity index (χ1v) is 9.50. The minimum Gasteiger partial charge on any atom is -0.325 e. The van der Waals surface area contributed by atoms with Gasteiger partial charge in [0.05, 0.1) is 11.4 Å². The monoisotopic (exact) mass is 361 g/mol. The van der Waals surface area contributed by atoms with Gasteiger partial charge in [-0.2, -0.15) is 0 Å². The van der Waals surface area contributed by atoms with Crippen molar-refractivity contribution in [1.82, 2.24) is 5.32 Å². The van der Waals surface area contributed by atoms with Gasteiger partial charge in [-0.25, -0.2) is 13.6 Å². The number of carbonyl (C=O) groups excluding carboxylic acids is 1. The molecule has 0 atom stereocenters. The molecule has 0 aromatic heterocycles. The van der Waals surface area contributed by atoms with E-state index in [1.165, 1.54) is 17.7 Å². The smallest absolute Gasteiger partial charge is 0.238 e. The second-order valence-electron chi connectivity index (χ2n) is 5.96. The quantitative estimate of drug-likeness (QED) is 0.654. The van der Waals surface area contributed by atoms with E-state index in [-0.39, 0.29) is 17.3 Å². The van der Waals surface area contributed by atoms with E-state index in [0.29, 0.717) is 13.0 Å². The number of benzene rings is 2. The third-order valence-corrected chi connectivity index (χ3v) is 4.85. The van der Waals surface area contributed by atoms with E-state index < -0.39 is 10.0 Å². The van der Waals surface area contributed by atoms with Crippen LogP contribution >= 0.6 is 0 Å². The van der Waals surface area contributed by atoms with Crippen molar-refractivity contribution < 1.29 is 13.2 Å². The Hall–Kier alpha value is -2.22. The molecule has 0 saturated heterocycles. The van der Waals surface area contributed by atoms with Gasteiger partial charge in [-0.05, 0) is 67.8 Å². The predicted molar refractivity (Wildman–Crippen MR) is 98.9 cm³/mol. The lowest BCUT2D eigenvalue weighted by molar-refractivity contribution is -0.115. The average molecular weight is 361 g/mol. The van der Waals surface area contributed by atoms with Crippen LogP contribution in [0.1, 0.15) is 16.7 Å². The van der Waals surface area contributed by atoms with Crippen LogP contribution < -0.4 is 15.8 Å². The summed E-state index contributed by atoms with van der Waals surface area (Å²) < 4.78 is 22.4. The highest BCUT2D eigenvalue weighted by Crippen LogP contribution is 2.13. The Kier molecular flexibility index (Phi) is 6.30. The molecule has 0 spiro atoms. The third-order valence-electron chi connectivity index (χ3n) is 3.92. The highest BCUT2D eigenvalue weighted by Gasteiger charge is 2.07. The van der Waals surface area contributed by atoms with E-state index in [4.69, 9.17) is 5.14 Å². The van der Waals surface area contributed by atoms with E-state index in [9.17, 15) is 13.2 Å². The number of hydrogen-bond donors (Lipinski definition) is 3. The van der Waals surface area contributed by atoms with E-state index in [2.05, 4.69) is 10.6 Å². The van der Waals surface area contributed by atoms with Crippen LogP contribution in [0.5, 0.6) is 0 Å². The van der Waals surface area contributed by atoms with Crippen LogP contribution in [0.3, 0.4) is 0 Å². The fraction of sp³-hybridized carbons (Fsp3) is 0.278. The van der Waals surface area contributed by atoms with Crippen molar-refractivity contribution in [3.8, 4) is 0 Å². The Morgan fingerprint density at radius 3 is 2.32 bits per heavy atom. The standard InChI is InChI=1S/C18H23N3O3S/c1-13-3-6-16(11-14(13)2)21-18(22)12-20-10-9-15-4-7-17(8-5-15)25(19,23)24/h3-8,11,20H,9-10,12H2,1-2H3,(H,21,22)(H2,19,23,24). The molecule has 4 N–H and O–H groups in total. The fourth-order valence-corrected chi connectivity index (χ4v) is 2.82. The van der Waals surface area contributed by atoms with Crippen LogP contribution in [0.25, 0.3) is 0 Å². The SMILES string of the molecule is Cc1ccc(NC(=O)CNCCc2ccc(S(N)(=O)=O)cc2)cc1C. The maximum Gasteiger partial charge on any atom is 0.238 e. The zero-order valence-electron chi connectivity index (χ0n) is 14.4. The lowest BCUT2D eigenvalue weighted by atomic mass is 10.1. The van der Waals surface area contributed by atoms with Crippen molar-refractivity contribution in [1.29, 1.82) is 0 Å². The van der Waals surface area contributed by atoms with E-state index in [1.54, 1.807) is 12.1 Å². The summed E-state index contributed by atoms with van der Waals surface area (Å²) in [7, 11) is -3.66. The molecular formula is C18H23N3O3S. The van der Waals surface area contributed by atoms with Crippen molar-refractivity contribution in [2.75, 3.05) is 18.4 Å². The summed E-state index contributed by atoms with van der Waals surface area (Å²) in [4.78, 5) is 12.0. The van der Waals surface area contributed by atoms with Gasteiger partial charge in [0, 0.05) is 5.69 Å². The first kappa shape index (κ1) is 19.1. The average Bonchev–Trinajstić information content (AvgIpc) is 2.55. The molecule has 2 aromatic carbocycles. The normalized spacial score (nSPS) is 11.3. The molecule has 25 heavy (non-hydrogen) atoms. The van der Waals surface area contributed by atoms with Crippen LogP contribution in [0.2, 0.25) is 0 Å². The van der Waals surface area contributed by atoms with Gasteiger partial charge < -0.3 is 10.6 Å². The summed E-state index contributed by atoms with van der Waals surface area (Å²) in [6.45, 7) is 4.85. The van der Waals surface area contributed by atoms with Gasteiger partial charge in [-0.3, -0.25) is 4.79 Å². The molecule has 0 bridgehead atoms. The van der Waals surface area contributed by atoms with Gasteiger partial charge >= 0.3 is 0 Å². The number of primary sulfonamides is 1. The number of hydrogen-bond acceptors (Lipinski definition) is 4. The number of nitrogens with two attached hydrogens (primary N) is 1. The highest BCUT2D eigenvalue weighted by molar-refractivity contribution is 7.89. The molecule has 7 heteroatoms. The zero-order valence-corrected chi connectivity index (χ0v) is 15.2. The Bertz CT molecular complexity index is 846. The van der Waals surface area contributed by atoms with Gasteiger partial charge in [0.15, 0.2) is 0 Å². The molecule has 0 fully saturated rings. The number of amides is 1. The molecule has 6 nitrogen and oxygen atoms in total. The molecular weight excluding hydrogens is 338 g/mol. The lowest BCUT2D eigenvalue weighted by Crippen LogP contribution is -2.29. The molecule has 2 rings (SSSR count). The second-order valence-corrected chi connectivity index (χ2v) is 7.52. The summed E-state index contributed by atoms with van der Waals surface area (Å²) >= 11 is 0. The zero-order chi connectivity index (χ0) is 18.4. The van der Waals surface area contributed by atoms with E-state index >= 15 is 0 Å². The molecule has 1 amide bonds. The number of sulfonamides is 1. The molecule has 0 aliphatic heterocycles. The van der Waals surface area contributed by atoms with Gasteiger partial charge in [-0.15, -0.1) is 0 Å². The molecule has 0 aliphatic carbocycles. The maximum absolute atomic E-state index is 11.9. The molecule has 0 aliphatic rings. The first-order valence-electron chi connectivity index (χ1n) is 7.95. The molecule has 2 aromatic rings.